The van der Waals surface area contributed by atoms with Crippen molar-refractivity contribution in [1.82, 2.24) is 19.8 Å². The van der Waals surface area contributed by atoms with Crippen molar-refractivity contribution < 1.29 is 4.79 Å². The van der Waals surface area contributed by atoms with Gasteiger partial charge in [-0.2, -0.15) is 0 Å². The number of nitrogens with zero attached hydrogens (tertiary/aromatic N) is 5. The first kappa shape index (κ1) is 23.7. The second-order valence-electron chi connectivity index (χ2n) is 9.21. The van der Waals surface area contributed by atoms with Crippen molar-refractivity contribution in [2.45, 2.75) is 83.8 Å². The highest BCUT2D eigenvalue weighted by atomic mass is 16.1. The molecule has 1 aromatic heterocycles. The smallest absolute Gasteiger partial charge is 0.225 e. The van der Waals surface area contributed by atoms with E-state index in [9.17, 15) is 4.79 Å². The number of piperazine rings is 1. The molecule has 2 fully saturated rings. The first-order valence-electron chi connectivity index (χ1n) is 12.0. The lowest BCUT2D eigenvalue weighted by Crippen LogP contribution is -2.57. The van der Waals surface area contributed by atoms with Crippen LogP contribution < -0.4 is 4.90 Å². The number of carbonyl (C=O) groups is 1. The third kappa shape index (κ3) is 6.51. The fraction of sp³-hybridized carbons (Fsp3) is 0.720. The maximum Gasteiger partial charge on any atom is 0.225 e. The van der Waals surface area contributed by atoms with E-state index in [0.29, 0.717) is 25.0 Å². The monoisotopic (exact) mass is 425 g/mol. The molecule has 0 spiro atoms. The van der Waals surface area contributed by atoms with Gasteiger partial charge in [-0.15, -0.1) is 0 Å². The Kier molecular flexibility index (Phi) is 8.86. The molecule has 3 atom stereocenters. The number of ketones is 1. The Labute approximate surface area is 188 Å². The van der Waals surface area contributed by atoms with E-state index >= 15 is 0 Å². The van der Waals surface area contributed by atoms with Crippen LogP contribution in [0.4, 0.5) is 5.95 Å². The first-order valence-corrected chi connectivity index (χ1v) is 12.0. The maximum absolute atomic E-state index is 11.1. The number of carbonyl (C=O) groups excluding carboxylic acids is 1. The van der Waals surface area contributed by atoms with Gasteiger partial charge in [0.05, 0.1) is 12.1 Å². The molecule has 0 saturated carbocycles. The van der Waals surface area contributed by atoms with Crippen molar-refractivity contribution >= 4 is 11.7 Å². The number of hydrogen-bond donors (Lipinski definition) is 0. The molecule has 2 aliphatic heterocycles. The number of fused-ring (bicyclic) bond motifs is 2. The first-order chi connectivity index (χ1) is 15.0. The van der Waals surface area contributed by atoms with E-state index in [4.69, 9.17) is 0 Å². The molecule has 2 aliphatic rings. The van der Waals surface area contributed by atoms with Crippen LogP contribution in [0.5, 0.6) is 0 Å². The van der Waals surface area contributed by atoms with Gasteiger partial charge in [-0.25, -0.2) is 9.97 Å². The number of aromatic nitrogens is 2. The Morgan fingerprint density at radius 2 is 1.90 bits per heavy atom. The topological polar surface area (TPSA) is 52.6 Å². The van der Waals surface area contributed by atoms with Crippen LogP contribution >= 0.6 is 0 Å². The van der Waals surface area contributed by atoms with E-state index in [2.05, 4.69) is 50.4 Å². The number of rotatable bonds is 10. The van der Waals surface area contributed by atoms with Crippen molar-refractivity contribution in [3.63, 3.8) is 0 Å². The third-order valence-corrected chi connectivity index (χ3v) is 6.69. The van der Waals surface area contributed by atoms with Crippen LogP contribution in [0, 0.1) is 11.8 Å². The van der Waals surface area contributed by atoms with Gasteiger partial charge in [-0.05, 0) is 39.7 Å². The second kappa shape index (κ2) is 11.6. The lowest BCUT2D eigenvalue weighted by Gasteiger charge is -2.44. The third-order valence-electron chi connectivity index (χ3n) is 6.69. The summed E-state index contributed by atoms with van der Waals surface area (Å²) in [6.45, 7) is 9.89. The average Bonchev–Trinajstić information content (AvgIpc) is 3.03. The van der Waals surface area contributed by atoms with Gasteiger partial charge in [0, 0.05) is 56.6 Å². The van der Waals surface area contributed by atoms with E-state index in [1.165, 1.54) is 38.5 Å². The van der Waals surface area contributed by atoms with Crippen molar-refractivity contribution in [1.29, 1.82) is 0 Å². The van der Waals surface area contributed by atoms with Crippen LogP contribution in [0.1, 0.15) is 71.3 Å². The molecule has 3 unspecified atom stereocenters. The molecule has 3 heterocycles. The Hall–Kier alpha value is -1.97. The Balaban J connectivity index is 1.56. The summed E-state index contributed by atoms with van der Waals surface area (Å²) in [5, 5.41) is 0. The molecule has 0 aromatic carbocycles. The van der Waals surface area contributed by atoms with E-state index in [1.807, 2.05) is 19.4 Å². The number of hydrogen-bond acceptors (Lipinski definition) is 6. The zero-order chi connectivity index (χ0) is 22.2. The quantitative estimate of drug-likeness (QED) is 0.536. The summed E-state index contributed by atoms with van der Waals surface area (Å²) in [6.07, 6.45) is 11.9. The van der Waals surface area contributed by atoms with Crippen LogP contribution in [-0.2, 0) is 4.79 Å². The molecule has 6 heteroatoms. The molecule has 0 N–H and O–H groups in total. The molecule has 0 aliphatic carbocycles. The minimum absolute atomic E-state index is 0.213. The molecule has 3 rings (SSSR count). The number of Topliss-reactive ketones (excluding diaryl/α,β-unsaturated/α-hetero) is 1. The van der Waals surface area contributed by atoms with Gasteiger partial charge in [0.1, 0.15) is 5.78 Å². The van der Waals surface area contributed by atoms with E-state index in [0.717, 1.165) is 37.2 Å². The SMILES string of the molecule is CCCCC(CC)N1CC2CCC(C1)N2c1ncc(C#CCN(C)CCC(C)=O)cn1. The molecule has 170 valence electrons. The fourth-order valence-corrected chi connectivity index (χ4v) is 4.87. The lowest BCUT2D eigenvalue weighted by atomic mass is 10.0. The molecule has 31 heavy (non-hydrogen) atoms. The molecule has 0 amide bonds. The molecule has 1 aromatic rings. The van der Waals surface area contributed by atoms with Crippen LogP contribution in [0.2, 0.25) is 0 Å². The van der Waals surface area contributed by atoms with Crippen molar-refractivity contribution in [3.05, 3.63) is 18.0 Å². The number of anilines is 1. The van der Waals surface area contributed by atoms with Gasteiger partial charge in [-0.1, -0.05) is 38.5 Å². The molecule has 2 saturated heterocycles. The molecule has 6 nitrogen and oxygen atoms in total. The predicted molar refractivity (Wildman–Crippen MR) is 126 cm³/mol. The molecule has 0 radical (unpaired) electrons. The van der Waals surface area contributed by atoms with E-state index in [-0.39, 0.29) is 5.78 Å². The zero-order valence-electron chi connectivity index (χ0n) is 19.8. The highest BCUT2D eigenvalue weighted by Crippen LogP contribution is 2.34. The number of likely N-dealkylation sites (tertiary alicyclic amines) is 1. The average molecular weight is 426 g/mol. The lowest BCUT2D eigenvalue weighted by molar-refractivity contribution is -0.117. The van der Waals surface area contributed by atoms with Crippen LogP contribution in [0.3, 0.4) is 0 Å². The highest BCUT2D eigenvalue weighted by molar-refractivity contribution is 5.75. The Morgan fingerprint density at radius 1 is 1.23 bits per heavy atom. The highest BCUT2D eigenvalue weighted by Gasteiger charge is 2.42. The molecular weight excluding hydrogens is 386 g/mol. The van der Waals surface area contributed by atoms with Gasteiger partial charge in [-0.3, -0.25) is 14.6 Å². The molecule has 2 bridgehead atoms. The van der Waals surface area contributed by atoms with Gasteiger partial charge in [0.2, 0.25) is 5.95 Å². The van der Waals surface area contributed by atoms with Crippen molar-refractivity contribution in [3.8, 4) is 11.8 Å². The standard InChI is InChI=1S/C25H39N5O/c1-5-7-10-22(6-2)29-18-23-11-12-24(19-29)30(23)25-26-16-21(17-27-25)9-8-14-28(4)15-13-20(3)31/h16-17,22-24H,5-7,10-15,18-19H2,1-4H3. The summed E-state index contributed by atoms with van der Waals surface area (Å²) in [5.74, 6) is 7.38. The van der Waals surface area contributed by atoms with Crippen molar-refractivity contribution in [2.75, 3.05) is 38.1 Å². The summed E-state index contributed by atoms with van der Waals surface area (Å²) in [5.41, 5.74) is 0.848. The summed E-state index contributed by atoms with van der Waals surface area (Å²) < 4.78 is 0. The fourth-order valence-electron chi connectivity index (χ4n) is 4.87. The Bertz CT molecular complexity index is 754. The maximum atomic E-state index is 11.1. The van der Waals surface area contributed by atoms with Crippen molar-refractivity contribution in [2.24, 2.45) is 0 Å². The van der Waals surface area contributed by atoms with Gasteiger partial charge in [0.15, 0.2) is 0 Å². The number of unbranched alkanes of at least 4 members (excludes halogenated alkanes) is 1. The summed E-state index contributed by atoms with van der Waals surface area (Å²) in [4.78, 5) is 27.7. The minimum atomic E-state index is 0.213. The van der Waals surface area contributed by atoms with Crippen LogP contribution in [-0.4, -0.2) is 76.9 Å². The zero-order valence-corrected chi connectivity index (χ0v) is 19.8. The summed E-state index contributed by atoms with van der Waals surface area (Å²) in [7, 11) is 1.98. The van der Waals surface area contributed by atoms with E-state index in [1.54, 1.807) is 6.92 Å². The van der Waals surface area contributed by atoms with E-state index < -0.39 is 0 Å². The van der Waals surface area contributed by atoms with Crippen LogP contribution in [0.25, 0.3) is 0 Å². The molecular formula is C25H39N5O. The summed E-state index contributed by atoms with van der Waals surface area (Å²) in [6, 6.07) is 1.78. The van der Waals surface area contributed by atoms with Gasteiger partial charge < -0.3 is 4.90 Å². The Morgan fingerprint density at radius 3 is 2.48 bits per heavy atom. The second-order valence-corrected chi connectivity index (χ2v) is 9.21. The van der Waals surface area contributed by atoms with Crippen LogP contribution in [0.15, 0.2) is 12.4 Å². The summed E-state index contributed by atoms with van der Waals surface area (Å²) >= 11 is 0. The van der Waals surface area contributed by atoms with Gasteiger partial charge in [0.25, 0.3) is 0 Å². The normalized spacial score (nSPS) is 21.8. The predicted octanol–water partition coefficient (Wildman–Crippen LogP) is 3.36. The largest absolute Gasteiger partial charge is 0.332 e. The van der Waals surface area contributed by atoms with Gasteiger partial charge >= 0.3 is 0 Å². The minimum Gasteiger partial charge on any atom is -0.332 e.